The lowest BCUT2D eigenvalue weighted by Gasteiger charge is -2.44. The molecule has 0 spiro atoms. The van der Waals surface area contributed by atoms with E-state index in [-0.39, 0.29) is 4.75 Å². The van der Waals surface area contributed by atoms with Crippen LogP contribution in [0.15, 0.2) is 24.3 Å². The van der Waals surface area contributed by atoms with Crippen molar-refractivity contribution in [3.05, 3.63) is 29.8 Å². The number of thioether (sulfide) groups is 1. The van der Waals surface area contributed by atoms with Crippen molar-refractivity contribution in [3.8, 4) is 5.75 Å². The van der Waals surface area contributed by atoms with Gasteiger partial charge in [-0.1, -0.05) is 19.1 Å². The Hall–Kier alpha value is -1.24. The summed E-state index contributed by atoms with van der Waals surface area (Å²) >= 11 is 1.78. The Balaban J connectivity index is 2.14. The number of hydrogen-bond acceptors (Lipinski definition) is 5. The number of nitrogens with zero attached hydrogens (tertiary/aromatic N) is 1. The van der Waals surface area contributed by atoms with Gasteiger partial charge >= 0.3 is 5.97 Å². The molecule has 6 heteroatoms. The average molecular weight is 353 g/mol. The van der Waals surface area contributed by atoms with Crippen molar-refractivity contribution in [3.63, 3.8) is 0 Å². The first kappa shape index (κ1) is 19.1. The van der Waals surface area contributed by atoms with Gasteiger partial charge in [-0.2, -0.15) is 0 Å². The van der Waals surface area contributed by atoms with Crippen LogP contribution in [0.1, 0.15) is 25.3 Å². The Morgan fingerprint density at radius 3 is 2.50 bits per heavy atom. The zero-order chi connectivity index (χ0) is 17.6. The summed E-state index contributed by atoms with van der Waals surface area (Å²) in [5.74, 6) is 0.903. The van der Waals surface area contributed by atoms with Crippen LogP contribution >= 0.6 is 11.8 Å². The molecule has 24 heavy (non-hydrogen) atoms. The van der Waals surface area contributed by atoms with Crippen molar-refractivity contribution in [2.75, 3.05) is 33.8 Å². The van der Waals surface area contributed by atoms with Crippen molar-refractivity contribution in [1.29, 1.82) is 0 Å². The Labute approximate surface area is 148 Å². The number of methoxy groups -OCH3 is 1. The number of ether oxygens (including phenoxy) is 1. The van der Waals surface area contributed by atoms with Gasteiger partial charge in [-0.15, -0.1) is 11.8 Å². The number of likely N-dealkylation sites (N-methyl/N-ethyl adjacent to an activating group) is 1. The fourth-order valence-electron chi connectivity index (χ4n) is 3.16. The molecular formula is C18H28N2O3S. The second kappa shape index (κ2) is 8.74. The molecule has 1 saturated heterocycles. The van der Waals surface area contributed by atoms with Gasteiger partial charge in [-0.3, -0.25) is 4.79 Å². The molecule has 1 aromatic rings. The predicted molar refractivity (Wildman–Crippen MR) is 98.9 cm³/mol. The van der Waals surface area contributed by atoms with Gasteiger partial charge in [0.15, 0.2) is 0 Å². The fraction of sp³-hybridized carbons (Fsp3) is 0.611. The standard InChI is InChI=1S/C18H28N2O3S/c1-4-19-16(17(21)22)18(9-11-20(2)12-10-18)24-13-14-5-7-15(23-3)8-6-14/h5-8,16,19H,4,9-13H2,1-3H3,(H,21,22). The first-order valence-corrected chi connectivity index (χ1v) is 9.41. The molecule has 5 nitrogen and oxygen atoms in total. The maximum absolute atomic E-state index is 11.9. The number of aliphatic carboxylic acids is 1. The summed E-state index contributed by atoms with van der Waals surface area (Å²) in [7, 11) is 3.76. The minimum atomic E-state index is -0.747. The minimum Gasteiger partial charge on any atom is -0.497 e. The highest BCUT2D eigenvalue weighted by molar-refractivity contribution is 8.00. The van der Waals surface area contributed by atoms with E-state index in [1.54, 1.807) is 18.9 Å². The summed E-state index contributed by atoms with van der Waals surface area (Å²) in [6, 6.07) is 7.50. The van der Waals surface area contributed by atoms with E-state index in [0.29, 0.717) is 6.54 Å². The third-order valence-corrected chi connectivity index (χ3v) is 6.40. The molecular weight excluding hydrogens is 324 g/mol. The van der Waals surface area contributed by atoms with Gasteiger partial charge in [0, 0.05) is 10.5 Å². The number of rotatable bonds is 8. The monoisotopic (exact) mass is 352 g/mol. The van der Waals surface area contributed by atoms with E-state index in [2.05, 4.69) is 29.4 Å². The molecule has 1 aliphatic rings. The van der Waals surface area contributed by atoms with Crippen LogP contribution in [0, 0.1) is 0 Å². The SMILES string of the molecule is CCNC(C(=O)O)C1(SCc2ccc(OC)cc2)CCN(C)CC1. The van der Waals surface area contributed by atoms with Gasteiger partial charge in [0.25, 0.3) is 0 Å². The lowest BCUT2D eigenvalue weighted by atomic mass is 9.88. The molecule has 1 unspecified atom stereocenters. The summed E-state index contributed by atoms with van der Waals surface area (Å²) < 4.78 is 4.93. The van der Waals surface area contributed by atoms with Gasteiger partial charge in [-0.05, 0) is 57.2 Å². The molecule has 1 aromatic carbocycles. The van der Waals surface area contributed by atoms with Crippen molar-refractivity contribution in [1.82, 2.24) is 10.2 Å². The molecule has 0 aliphatic carbocycles. The molecule has 0 amide bonds. The minimum absolute atomic E-state index is 0.270. The lowest BCUT2D eigenvalue weighted by Crippen LogP contribution is -2.57. The van der Waals surface area contributed by atoms with E-state index in [1.165, 1.54) is 5.56 Å². The maximum Gasteiger partial charge on any atom is 0.322 e. The molecule has 0 bridgehead atoms. The molecule has 2 rings (SSSR count). The maximum atomic E-state index is 11.9. The fourth-order valence-corrected chi connectivity index (χ4v) is 4.63. The van der Waals surface area contributed by atoms with E-state index in [4.69, 9.17) is 4.74 Å². The van der Waals surface area contributed by atoms with Crippen LogP contribution in [0.25, 0.3) is 0 Å². The Bertz CT molecular complexity index is 528. The van der Waals surface area contributed by atoms with E-state index in [9.17, 15) is 9.90 Å². The third kappa shape index (κ3) is 4.65. The Kier molecular flexibility index (Phi) is 6.95. The average Bonchev–Trinajstić information content (AvgIpc) is 2.60. The van der Waals surface area contributed by atoms with Crippen molar-refractivity contribution >= 4 is 17.7 Å². The summed E-state index contributed by atoms with van der Waals surface area (Å²) in [5.41, 5.74) is 1.19. The predicted octanol–water partition coefficient (Wildman–Crippen LogP) is 2.46. The van der Waals surface area contributed by atoms with E-state index in [1.807, 2.05) is 19.1 Å². The summed E-state index contributed by atoms with van der Waals surface area (Å²) in [6.07, 6.45) is 1.77. The van der Waals surface area contributed by atoms with Crippen molar-refractivity contribution in [2.24, 2.45) is 0 Å². The zero-order valence-electron chi connectivity index (χ0n) is 14.7. The van der Waals surface area contributed by atoms with Crippen molar-refractivity contribution < 1.29 is 14.6 Å². The molecule has 2 N–H and O–H groups in total. The smallest absolute Gasteiger partial charge is 0.322 e. The third-order valence-electron chi connectivity index (χ3n) is 4.70. The van der Waals surface area contributed by atoms with Gasteiger partial charge < -0.3 is 20.1 Å². The van der Waals surface area contributed by atoms with Crippen LogP contribution in [0.4, 0.5) is 0 Å². The molecule has 0 aromatic heterocycles. The molecule has 1 atom stereocenters. The van der Waals surface area contributed by atoms with Crippen LogP contribution < -0.4 is 10.1 Å². The van der Waals surface area contributed by atoms with Crippen molar-refractivity contribution in [2.45, 2.75) is 36.3 Å². The van der Waals surface area contributed by atoms with Crippen LogP contribution in [0.5, 0.6) is 5.75 Å². The first-order valence-electron chi connectivity index (χ1n) is 8.42. The molecule has 0 radical (unpaired) electrons. The number of carboxylic acid groups (broad SMARTS) is 1. The van der Waals surface area contributed by atoms with Gasteiger partial charge in [0.05, 0.1) is 7.11 Å². The second-order valence-electron chi connectivity index (χ2n) is 6.33. The normalized spacial score (nSPS) is 19.0. The second-order valence-corrected chi connectivity index (χ2v) is 7.72. The Morgan fingerprint density at radius 1 is 1.38 bits per heavy atom. The highest BCUT2D eigenvalue weighted by atomic mass is 32.2. The Morgan fingerprint density at radius 2 is 2.00 bits per heavy atom. The quantitative estimate of drug-likeness (QED) is 0.749. The number of likely N-dealkylation sites (tertiary alicyclic amines) is 1. The summed E-state index contributed by atoms with van der Waals surface area (Å²) in [6.45, 7) is 4.50. The van der Waals surface area contributed by atoms with Crippen LogP contribution in [0.2, 0.25) is 0 Å². The van der Waals surface area contributed by atoms with Crippen LogP contribution in [0.3, 0.4) is 0 Å². The van der Waals surface area contributed by atoms with Crippen LogP contribution in [-0.4, -0.2) is 60.6 Å². The van der Waals surface area contributed by atoms with Gasteiger partial charge in [0.2, 0.25) is 0 Å². The number of hydrogen-bond donors (Lipinski definition) is 2. The molecule has 1 fully saturated rings. The van der Waals surface area contributed by atoms with Gasteiger partial charge in [0.1, 0.15) is 11.8 Å². The summed E-state index contributed by atoms with van der Waals surface area (Å²) in [5, 5.41) is 13.0. The topological polar surface area (TPSA) is 61.8 Å². The number of carboxylic acids is 1. The largest absolute Gasteiger partial charge is 0.497 e. The van der Waals surface area contributed by atoms with Crippen LogP contribution in [-0.2, 0) is 10.5 Å². The summed E-state index contributed by atoms with van der Waals surface area (Å²) in [4.78, 5) is 14.1. The van der Waals surface area contributed by atoms with E-state index >= 15 is 0 Å². The molecule has 134 valence electrons. The lowest BCUT2D eigenvalue weighted by molar-refractivity contribution is -0.140. The zero-order valence-corrected chi connectivity index (χ0v) is 15.6. The molecule has 0 saturated carbocycles. The number of nitrogens with one attached hydrogen (secondary N) is 1. The van der Waals surface area contributed by atoms with Gasteiger partial charge in [-0.25, -0.2) is 0 Å². The van der Waals surface area contributed by atoms with E-state index < -0.39 is 12.0 Å². The molecule has 1 aliphatic heterocycles. The molecule has 1 heterocycles. The number of piperidine rings is 1. The first-order chi connectivity index (χ1) is 11.5. The number of benzene rings is 1. The highest BCUT2D eigenvalue weighted by Gasteiger charge is 2.44. The van der Waals surface area contributed by atoms with E-state index in [0.717, 1.165) is 37.4 Å². The highest BCUT2D eigenvalue weighted by Crippen LogP contribution is 2.41. The number of carbonyl (C=O) groups is 1.